The van der Waals surface area contributed by atoms with Crippen molar-refractivity contribution in [3.8, 4) is 11.3 Å². The Morgan fingerprint density at radius 3 is 2.52 bits per heavy atom. The summed E-state index contributed by atoms with van der Waals surface area (Å²) in [6.07, 6.45) is 2.02. The van der Waals surface area contributed by atoms with Crippen LogP contribution in [0.4, 0.5) is 4.79 Å². The Kier molecular flexibility index (Phi) is 5.65. The summed E-state index contributed by atoms with van der Waals surface area (Å²) in [6, 6.07) is 4.44. The van der Waals surface area contributed by atoms with Crippen LogP contribution in [0.25, 0.3) is 11.3 Å². The number of primary amides is 1. The highest BCUT2D eigenvalue weighted by molar-refractivity contribution is 7.91. The van der Waals surface area contributed by atoms with Gasteiger partial charge in [-0.15, -0.1) is 0 Å². The van der Waals surface area contributed by atoms with Gasteiger partial charge in [0.05, 0.1) is 39.6 Å². The number of nitrogens with one attached hydrogen (secondary N) is 1. The number of amides is 3. The maximum atomic E-state index is 12.7. The molecular weight excluding hydrogens is 465 g/mol. The van der Waals surface area contributed by atoms with E-state index < -0.39 is 21.0 Å². The van der Waals surface area contributed by atoms with E-state index in [2.05, 4.69) is 10.4 Å². The number of nitrogens with zero attached hydrogens (tertiary/aromatic N) is 3. The lowest BCUT2D eigenvalue weighted by Gasteiger charge is -2.37. The standard InChI is InChI=1S/C19H21Cl2N5O4S/c1-31(29,30)12-7-11(8-12)23-19(28)25-4-5-26-15(9-25)16(18(22)27)17(24-26)10-2-3-13(20)14(21)6-10/h2-3,6,11-12H,4-5,7-9H2,1H3,(H2,22,27)(H,23,28)/t11-,12-. The van der Waals surface area contributed by atoms with Crippen LogP contribution in [0.15, 0.2) is 18.2 Å². The van der Waals surface area contributed by atoms with Crippen molar-refractivity contribution < 1.29 is 18.0 Å². The lowest BCUT2D eigenvalue weighted by molar-refractivity contribution is 0.0997. The monoisotopic (exact) mass is 485 g/mol. The number of fused-ring (bicyclic) bond motifs is 1. The van der Waals surface area contributed by atoms with Gasteiger partial charge in [0.25, 0.3) is 5.91 Å². The topological polar surface area (TPSA) is 127 Å². The van der Waals surface area contributed by atoms with Gasteiger partial charge in [0.2, 0.25) is 0 Å². The van der Waals surface area contributed by atoms with Crippen molar-refractivity contribution in [2.75, 3.05) is 12.8 Å². The molecule has 31 heavy (non-hydrogen) atoms. The van der Waals surface area contributed by atoms with Crippen LogP contribution in [0, 0.1) is 0 Å². The van der Waals surface area contributed by atoms with Crippen LogP contribution >= 0.6 is 23.2 Å². The first-order valence-electron chi connectivity index (χ1n) is 9.63. The van der Waals surface area contributed by atoms with Gasteiger partial charge in [0.15, 0.2) is 0 Å². The predicted octanol–water partition coefficient (Wildman–Crippen LogP) is 2.06. The molecule has 0 radical (unpaired) electrons. The average molecular weight is 486 g/mol. The van der Waals surface area contributed by atoms with Crippen molar-refractivity contribution in [1.29, 1.82) is 0 Å². The van der Waals surface area contributed by atoms with E-state index in [0.29, 0.717) is 52.9 Å². The zero-order chi connectivity index (χ0) is 22.5. The van der Waals surface area contributed by atoms with E-state index >= 15 is 0 Å². The van der Waals surface area contributed by atoms with Crippen molar-refractivity contribution in [2.24, 2.45) is 5.73 Å². The zero-order valence-corrected chi connectivity index (χ0v) is 19.0. The molecule has 1 aromatic heterocycles. The second kappa shape index (κ2) is 7.99. The SMILES string of the molecule is CS(=O)(=O)[C@H]1C[C@H](NC(=O)N2CCn3nc(-c4ccc(Cl)c(Cl)c4)c(C(N)=O)c3C2)C1. The lowest BCUT2D eigenvalue weighted by atomic mass is 9.92. The molecule has 0 unspecified atom stereocenters. The van der Waals surface area contributed by atoms with Crippen LogP contribution in [-0.4, -0.2) is 59.1 Å². The van der Waals surface area contributed by atoms with Gasteiger partial charge in [-0.1, -0.05) is 29.3 Å². The molecule has 9 nitrogen and oxygen atoms in total. The average Bonchev–Trinajstić information content (AvgIpc) is 3.04. The van der Waals surface area contributed by atoms with Gasteiger partial charge in [-0.3, -0.25) is 9.48 Å². The van der Waals surface area contributed by atoms with E-state index in [9.17, 15) is 18.0 Å². The van der Waals surface area contributed by atoms with Crippen molar-refractivity contribution in [3.05, 3.63) is 39.5 Å². The first kappa shape index (κ1) is 21.9. The largest absolute Gasteiger partial charge is 0.365 e. The van der Waals surface area contributed by atoms with Crippen LogP contribution in [0.2, 0.25) is 10.0 Å². The number of carbonyl (C=O) groups excluding carboxylic acids is 2. The van der Waals surface area contributed by atoms with Crippen LogP contribution in [-0.2, 0) is 22.9 Å². The Hall–Kier alpha value is -2.30. The smallest absolute Gasteiger partial charge is 0.318 e. The van der Waals surface area contributed by atoms with E-state index in [4.69, 9.17) is 28.9 Å². The summed E-state index contributed by atoms with van der Waals surface area (Å²) in [7, 11) is -3.09. The molecule has 2 aliphatic rings. The van der Waals surface area contributed by atoms with Gasteiger partial charge in [-0.05, 0) is 25.0 Å². The second-order valence-electron chi connectivity index (χ2n) is 7.88. The summed E-state index contributed by atoms with van der Waals surface area (Å²) in [5.74, 6) is -0.653. The molecule has 3 amide bonds. The number of hydrogen-bond donors (Lipinski definition) is 2. The number of halogens is 2. The van der Waals surface area contributed by atoms with Gasteiger partial charge in [-0.25, -0.2) is 13.2 Å². The summed E-state index contributed by atoms with van der Waals surface area (Å²) in [6.45, 7) is 0.934. The Bertz CT molecular complexity index is 1170. The molecule has 0 atom stereocenters. The lowest BCUT2D eigenvalue weighted by Crippen LogP contribution is -2.54. The number of carbonyl (C=O) groups is 2. The fourth-order valence-electron chi connectivity index (χ4n) is 3.89. The molecule has 4 rings (SSSR count). The van der Waals surface area contributed by atoms with Crippen LogP contribution in [0.1, 0.15) is 28.9 Å². The maximum absolute atomic E-state index is 12.7. The number of aromatic nitrogens is 2. The minimum absolute atomic E-state index is 0.153. The minimum Gasteiger partial charge on any atom is -0.365 e. The summed E-state index contributed by atoms with van der Waals surface area (Å²) >= 11 is 12.1. The molecule has 1 fully saturated rings. The Balaban J connectivity index is 1.53. The molecule has 0 spiro atoms. The highest BCUT2D eigenvalue weighted by Gasteiger charge is 2.38. The minimum atomic E-state index is -3.09. The van der Waals surface area contributed by atoms with Crippen molar-refractivity contribution in [3.63, 3.8) is 0 Å². The summed E-state index contributed by atoms with van der Waals surface area (Å²) in [4.78, 5) is 26.5. The van der Waals surface area contributed by atoms with E-state index in [1.165, 1.54) is 6.26 Å². The first-order valence-corrected chi connectivity index (χ1v) is 12.3. The molecule has 3 N–H and O–H groups in total. The molecule has 166 valence electrons. The fourth-order valence-corrected chi connectivity index (χ4v) is 5.36. The Morgan fingerprint density at radius 1 is 1.19 bits per heavy atom. The molecule has 1 saturated carbocycles. The third-order valence-corrected chi connectivity index (χ3v) is 8.07. The quantitative estimate of drug-likeness (QED) is 0.684. The molecule has 12 heteroatoms. The number of benzene rings is 1. The van der Waals surface area contributed by atoms with Crippen LogP contribution in [0.5, 0.6) is 0 Å². The molecular formula is C19H21Cl2N5O4S. The number of hydrogen-bond acceptors (Lipinski definition) is 5. The second-order valence-corrected chi connectivity index (χ2v) is 11.0. The van der Waals surface area contributed by atoms with Gasteiger partial charge in [0.1, 0.15) is 15.5 Å². The van der Waals surface area contributed by atoms with Gasteiger partial charge in [0, 0.05) is 24.4 Å². The third-order valence-electron chi connectivity index (χ3n) is 5.73. The molecule has 0 bridgehead atoms. The first-order chi connectivity index (χ1) is 14.5. The number of sulfone groups is 1. The predicted molar refractivity (Wildman–Crippen MR) is 117 cm³/mol. The summed E-state index contributed by atoms with van der Waals surface area (Å²) < 4.78 is 24.8. The zero-order valence-electron chi connectivity index (χ0n) is 16.6. The van der Waals surface area contributed by atoms with E-state index in [-0.39, 0.29) is 24.2 Å². The number of nitrogens with two attached hydrogens (primary N) is 1. The normalized spacial score (nSPS) is 20.7. The van der Waals surface area contributed by atoms with Gasteiger partial charge < -0.3 is 16.0 Å². The molecule has 0 saturated heterocycles. The van der Waals surface area contributed by atoms with E-state index in [1.54, 1.807) is 27.8 Å². The van der Waals surface area contributed by atoms with E-state index in [1.807, 2.05) is 0 Å². The summed E-state index contributed by atoms with van der Waals surface area (Å²) in [5, 5.41) is 7.69. The van der Waals surface area contributed by atoms with Crippen molar-refractivity contribution >= 4 is 45.0 Å². The van der Waals surface area contributed by atoms with Crippen molar-refractivity contribution in [2.45, 2.75) is 37.2 Å². The van der Waals surface area contributed by atoms with Gasteiger partial charge in [-0.2, -0.15) is 5.10 Å². The Morgan fingerprint density at radius 2 is 1.90 bits per heavy atom. The highest BCUT2D eigenvalue weighted by atomic mass is 35.5. The van der Waals surface area contributed by atoms with Gasteiger partial charge >= 0.3 is 6.03 Å². The van der Waals surface area contributed by atoms with Crippen LogP contribution in [0.3, 0.4) is 0 Å². The molecule has 1 aliphatic carbocycles. The molecule has 2 heterocycles. The summed E-state index contributed by atoms with van der Waals surface area (Å²) in [5.41, 5.74) is 7.41. The van der Waals surface area contributed by atoms with Crippen molar-refractivity contribution in [1.82, 2.24) is 20.0 Å². The maximum Gasteiger partial charge on any atom is 0.318 e. The van der Waals surface area contributed by atoms with Crippen LogP contribution < -0.4 is 11.1 Å². The third kappa shape index (κ3) is 4.24. The number of rotatable bonds is 4. The number of urea groups is 1. The highest BCUT2D eigenvalue weighted by Crippen LogP contribution is 2.32. The molecule has 2 aromatic rings. The molecule has 1 aliphatic heterocycles. The Labute approximate surface area is 189 Å². The molecule has 1 aromatic carbocycles. The fraction of sp³-hybridized carbons (Fsp3) is 0.421. The van der Waals surface area contributed by atoms with E-state index in [0.717, 1.165) is 0 Å².